The van der Waals surface area contributed by atoms with Gasteiger partial charge in [0, 0.05) is 31.2 Å². The molecular weight excluding hydrogens is 304 g/mol. The quantitative estimate of drug-likeness (QED) is 0.886. The summed E-state index contributed by atoms with van der Waals surface area (Å²) in [4.78, 5) is 21.2. The summed E-state index contributed by atoms with van der Waals surface area (Å²) in [5, 5.41) is 2.72. The number of imidazole rings is 1. The minimum Gasteiger partial charge on any atom is -0.493 e. The van der Waals surface area contributed by atoms with Gasteiger partial charge in [-0.15, -0.1) is 0 Å². The van der Waals surface area contributed by atoms with E-state index < -0.39 is 0 Å². The molecule has 2 amide bonds. The van der Waals surface area contributed by atoms with Gasteiger partial charge >= 0.3 is 6.03 Å². The molecule has 2 heterocycles. The van der Waals surface area contributed by atoms with E-state index in [1.807, 2.05) is 18.3 Å². The van der Waals surface area contributed by atoms with Crippen LogP contribution in [0.3, 0.4) is 0 Å². The lowest BCUT2D eigenvalue weighted by atomic mass is 9.89. The number of aromatic nitrogens is 2. The largest absolute Gasteiger partial charge is 0.493 e. The van der Waals surface area contributed by atoms with Crippen LogP contribution in [0.5, 0.6) is 5.75 Å². The fourth-order valence-electron chi connectivity index (χ4n) is 3.20. The van der Waals surface area contributed by atoms with E-state index in [4.69, 9.17) is 4.74 Å². The molecule has 1 aromatic heterocycles. The molecule has 128 valence electrons. The van der Waals surface area contributed by atoms with Crippen molar-refractivity contribution in [3.63, 3.8) is 0 Å². The van der Waals surface area contributed by atoms with E-state index in [1.165, 1.54) is 5.56 Å². The number of rotatable bonds is 5. The molecule has 2 N–H and O–H groups in total. The minimum absolute atomic E-state index is 0.0846. The van der Waals surface area contributed by atoms with Crippen LogP contribution in [0.25, 0.3) is 0 Å². The van der Waals surface area contributed by atoms with Crippen LogP contribution in [0.2, 0.25) is 0 Å². The van der Waals surface area contributed by atoms with Crippen LogP contribution in [-0.4, -0.2) is 36.2 Å². The summed E-state index contributed by atoms with van der Waals surface area (Å²) < 4.78 is 5.81. The van der Waals surface area contributed by atoms with Gasteiger partial charge in [0.2, 0.25) is 0 Å². The number of anilines is 1. The maximum Gasteiger partial charge on any atom is 0.321 e. The second-order valence-corrected chi connectivity index (χ2v) is 6.04. The van der Waals surface area contributed by atoms with Crippen molar-refractivity contribution in [3.05, 3.63) is 42.0 Å². The fourth-order valence-corrected chi connectivity index (χ4v) is 3.20. The number of urea groups is 1. The average molecular weight is 328 g/mol. The van der Waals surface area contributed by atoms with Crippen molar-refractivity contribution in [2.45, 2.75) is 32.1 Å². The molecule has 1 aliphatic rings. The molecule has 3 rings (SSSR count). The van der Waals surface area contributed by atoms with Crippen molar-refractivity contribution in [2.75, 3.05) is 25.1 Å². The number of amides is 2. The van der Waals surface area contributed by atoms with Gasteiger partial charge in [-0.1, -0.05) is 6.92 Å². The van der Waals surface area contributed by atoms with Gasteiger partial charge in [-0.3, -0.25) is 4.90 Å². The minimum atomic E-state index is -0.0846. The molecule has 1 aromatic carbocycles. The predicted molar refractivity (Wildman–Crippen MR) is 93.7 cm³/mol. The molecule has 1 aliphatic heterocycles. The first kappa shape index (κ1) is 16.4. The van der Waals surface area contributed by atoms with Crippen molar-refractivity contribution in [3.8, 4) is 5.75 Å². The van der Waals surface area contributed by atoms with Gasteiger partial charge < -0.3 is 15.0 Å². The SMILES string of the molecule is CCCN(C(=O)NC)c1ccc2c(c1)C(Cc1cnc[nH]1)CCO2. The zero-order chi connectivity index (χ0) is 16.9. The van der Waals surface area contributed by atoms with Crippen LogP contribution in [0.4, 0.5) is 10.5 Å². The van der Waals surface area contributed by atoms with E-state index in [1.54, 1.807) is 18.3 Å². The molecule has 6 heteroatoms. The molecule has 0 bridgehead atoms. The fraction of sp³-hybridized carbons (Fsp3) is 0.444. The molecule has 0 aliphatic carbocycles. The first-order chi connectivity index (χ1) is 11.7. The number of nitrogens with one attached hydrogen (secondary N) is 2. The molecule has 1 unspecified atom stereocenters. The Morgan fingerprint density at radius 2 is 2.38 bits per heavy atom. The Kier molecular flexibility index (Phi) is 5.03. The van der Waals surface area contributed by atoms with Crippen LogP contribution in [0.15, 0.2) is 30.7 Å². The summed E-state index contributed by atoms with van der Waals surface area (Å²) in [6, 6.07) is 5.96. The summed E-state index contributed by atoms with van der Waals surface area (Å²) in [6.07, 6.45) is 6.34. The van der Waals surface area contributed by atoms with Crippen LogP contribution in [-0.2, 0) is 6.42 Å². The van der Waals surface area contributed by atoms with Gasteiger partial charge in [0.25, 0.3) is 0 Å². The summed E-state index contributed by atoms with van der Waals surface area (Å²) >= 11 is 0. The van der Waals surface area contributed by atoms with Crippen molar-refractivity contribution >= 4 is 11.7 Å². The Balaban J connectivity index is 1.90. The summed E-state index contributed by atoms with van der Waals surface area (Å²) in [6.45, 7) is 3.47. The monoisotopic (exact) mass is 328 g/mol. The second-order valence-electron chi connectivity index (χ2n) is 6.04. The summed E-state index contributed by atoms with van der Waals surface area (Å²) in [7, 11) is 1.66. The standard InChI is InChI=1S/C18H24N4O2/c1-3-7-22(18(23)19-2)15-4-5-17-16(10-15)13(6-8-24-17)9-14-11-20-12-21-14/h4-5,10-13H,3,6-9H2,1-2H3,(H,19,23)(H,20,21). The molecule has 24 heavy (non-hydrogen) atoms. The molecular formula is C18H24N4O2. The molecule has 0 spiro atoms. The first-order valence-corrected chi connectivity index (χ1v) is 8.46. The zero-order valence-corrected chi connectivity index (χ0v) is 14.2. The highest BCUT2D eigenvalue weighted by Crippen LogP contribution is 2.38. The highest BCUT2D eigenvalue weighted by atomic mass is 16.5. The third-order valence-corrected chi connectivity index (χ3v) is 4.40. The molecule has 0 radical (unpaired) electrons. The number of H-pyrrole nitrogens is 1. The van der Waals surface area contributed by atoms with Crippen molar-refractivity contribution in [2.24, 2.45) is 0 Å². The second kappa shape index (κ2) is 7.38. The average Bonchev–Trinajstić information content (AvgIpc) is 3.12. The van der Waals surface area contributed by atoms with E-state index in [0.29, 0.717) is 12.5 Å². The van der Waals surface area contributed by atoms with Gasteiger partial charge in [0.1, 0.15) is 5.75 Å². The number of fused-ring (bicyclic) bond motifs is 1. The number of hydrogen-bond donors (Lipinski definition) is 2. The molecule has 0 saturated carbocycles. The van der Waals surface area contributed by atoms with Crippen molar-refractivity contribution < 1.29 is 9.53 Å². The highest BCUT2D eigenvalue weighted by Gasteiger charge is 2.24. The zero-order valence-electron chi connectivity index (χ0n) is 14.2. The van der Waals surface area contributed by atoms with Crippen molar-refractivity contribution in [1.29, 1.82) is 0 Å². The first-order valence-electron chi connectivity index (χ1n) is 8.46. The van der Waals surface area contributed by atoms with Crippen molar-refractivity contribution in [1.82, 2.24) is 15.3 Å². The number of nitrogens with zero attached hydrogens (tertiary/aromatic N) is 2. The molecule has 2 aromatic rings. The van der Waals surface area contributed by atoms with E-state index >= 15 is 0 Å². The number of aromatic amines is 1. The lowest BCUT2D eigenvalue weighted by Gasteiger charge is -2.28. The normalized spacial score (nSPS) is 16.2. The Bertz CT molecular complexity index is 684. The van der Waals surface area contributed by atoms with Gasteiger partial charge in [0.05, 0.1) is 12.9 Å². The number of benzene rings is 1. The van der Waals surface area contributed by atoms with E-state index in [-0.39, 0.29) is 6.03 Å². The van der Waals surface area contributed by atoms with Gasteiger partial charge in [-0.05, 0) is 48.9 Å². The molecule has 6 nitrogen and oxygen atoms in total. The molecule has 0 fully saturated rings. The number of hydrogen-bond acceptors (Lipinski definition) is 3. The van der Waals surface area contributed by atoms with E-state index in [9.17, 15) is 4.79 Å². The number of carbonyl (C=O) groups excluding carboxylic acids is 1. The Labute approximate surface area is 142 Å². The molecule has 0 saturated heterocycles. The maximum absolute atomic E-state index is 12.2. The van der Waals surface area contributed by atoms with Gasteiger partial charge in [-0.25, -0.2) is 9.78 Å². The maximum atomic E-state index is 12.2. The third kappa shape index (κ3) is 3.37. The lowest BCUT2D eigenvalue weighted by molar-refractivity contribution is 0.248. The van der Waals surface area contributed by atoms with E-state index in [0.717, 1.165) is 43.0 Å². The van der Waals surface area contributed by atoms with Gasteiger partial charge in [0.15, 0.2) is 0 Å². The summed E-state index contributed by atoms with van der Waals surface area (Å²) in [5.41, 5.74) is 3.20. The Morgan fingerprint density at radius 3 is 3.08 bits per heavy atom. The van der Waals surface area contributed by atoms with Crippen LogP contribution >= 0.6 is 0 Å². The Hall–Kier alpha value is -2.50. The highest BCUT2D eigenvalue weighted by molar-refractivity contribution is 5.92. The predicted octanol–water partition coefficient (Wildman–Crippen LogP) is 3.07. The van der Waals surface area contributed by atoms with Gasteiger partial charge in [-0.2, -0.15) is 0 Å². The van der Waals surface area contributed by atoms with Crippen LogP contribution in [0, 0.1) is 0 Å². The number of ether oxygens (including phenoxy) is 1. The van der Waals surface area contributed by atoms with Crippen LogP contribution < -0.4 is 15.0 Å². The smallest absolute Gasteiger partial charge is 0.321 e. The Morgan fingerprint density at radius 1 is 1.50 bits per heavy atom. The number of carbonyl (C=O) groups is 1. The summed E-state index contributed by atoms with van der Waals surface area (Å²) in [5.74, 6) is 1.28. The lowest BCUT2D eigenvalue weighted by Crippen LogP contribution is -2.38. The van der Waals surface area contributed by atoms with E-state index in [2.05, 4.69) is 28.3 Å². The van der Waals surface area contributed by atoms with Crippen LogP contribution in [0.1, 0.15) is 36.9 Å². The third-order valence-electron chi connectivity index (χ3n) is 4.40. The molecule has 1 atom stereocenters. The topological polar surface area (TPSA) is 70.2 Å².